The van der Waals surface area contributed by atoms with Gasteiger partial charge in [0.2, 0.25) is 0 Å². The molecule has 7 heteroatoms. The second-order valence-electron chi connectivity index (χ2n) is 5.65. The molecule has 1 N–H and O–H groups in total. The second-order valence-corrected chi connectivity index (χ2v) is 5.65. The van der Waals surface area contributed by atoms with Crippen LogP contribution in [0.5, 0.6) is 5.75 Å². The van der Waals surface area contributed by atoms with Crippen LogP contribution in [-0.4, -0.2) is 48.5 Å². The molecule has 1 heterocycles. The molecule has 0 radical (unpaired) electrons. The Bertz CT molecular complexity index is 513. The Balaban J connectivity index is 1.58. The van der Waals surface area contributed by atoms with Gasteiger partial charge in [0.25, 0.3) is 11.6 Å². The van der Waals surface area contributed by atoms with Gasteiger partial charge in [-0.1, -0.05) is 6.42 Å². The third kappa shape index (κ3) is 6.23. The van der Waals surface area contributed by atoms with Gasteiger partial charge in [-0.05, 0) is 51.0 Å². The maximum Gasteiger partial charge on any atom is 0.269 e. The molecule has 0 saturated carbocycles. The molecule has 0 aromatic heterocycles. The molecule has 0 bridgehead atoms. The number of nitrogens with one attached hydrogen (secondary N) is 1. The first-order valence-electron chi connectivity index (χ1n) is 8.01. The van der Waals surface area contributed by atoms with Crippen molar-refractivity contribution in [1.82, 2.24) is 10.2 Å². The highest BCUT2D eigenvalue weighted by Crippen LogP contribution is 2.17. The molecule has 1 aromatic carbocycles. The molecule has 0 aliphatic carbocycles. The van der Waals surface area contributed by atoms with Crippen molar-refractivity contribution in [2.45, 2.75) is 25.7 Å². The number of piperidine rings is 1. The Kier molecular flexibility index (Phi) is 6.80. The number of benzene rings is 1. The molecule has 1 fully saturated rings. The van der Waals surface area contributed by atoms with Crippen molar-refractivity contribution in [3.8, 4) is 5.75 Å². The fraction of sp³-hybridized carbons (Fsp3) is 0.562. The number of ether oxygens (including phenoxy) is 1. The van der Waals surface area contributed by atoms with Crippen LogP contribution in [0.15, 0.2) is 24.3 Å². The molecule has 126 valence electrons. The minimum absolute atomic E-state index is 0.000450. The SMILES string of the molecule is O=C(COc1ccc([N+](=O)[O-])cc1)NCCCN1CCCCC1. The van der Waals surface area contributed by atoms with Gasteiger partial charge < -0.3 is 15.0 Å². The van der Waals surface area contributed by atoms with Crippen LogP contribution in [0, 0.1) is 10.1 Å². The average molecular weight is 321 g/mol. The summed E-state index contributed by atoms with van der Waals surface area (Å²) in [4.78, 5) is 24.2. The van der Waals surface area contributed by atoms with E-state index in [0.29, 0.717) is 12.3 Å². The molecule has 0 unspecified atom stereocenters. The smallest absolute Gasteiger partial charge is 0.269 e. The lowest BCUT2D eigenvalue weighted by Gasteiger charge is -2.26. The minimum Gasteiger partial charge on any atom is -0.484 e. The van der Waals surface area contributed by atoms with Crippen molar-refractivity contribution in [3.63, 3.8) is 0 Å². The number of likely N-dealkylation sites (tertiary alicyclic amines) is 1. The monoisotopic (exact) mass is 321 g/mol. The predicted molar refractivity (Wildman–Crippen MR) is 86.5 cm³/mol. The van der Waals surface area contributed by atoms with Gasteiger partial charge in [-0.3, -0.25) is 14.9 Å². The molecule has 1 saturated heterocycles. The Morgan fingerprint density at radius 2 is 1.91 bits per heavy atom. The summed E-state index contributed by atoms with van der Waals surface area (Å²) in [5, 5.41) is 13.4. The number of hydrogen-bond donors (Lipinski definition) is 1. The topological polar surface area (TPSA) is 84.7 Å². The first kappa shape index (κ1) is 17.2. The number of nitrogens with zero attached hydrogens (tertiary/aromatic N) is 2. The van der Waals surface area contributed by atoms with Gasteiger partial charge in [0.05, 0.1) is 4.92 Å². The highest BCUT2D eigenvalue weighted by molar-refractivity contribution is 5.77. The van der Waals surface area contributed by atoms with E-state index in [4.69, 9.17) is 4.74 Å². The van der Waals surface area contributed by atoms with E-state index in [0.717, 1.165) is 26.1 Å². The van der Waals surface area contributed by atoms with Crippen LogP contribution in [-0.2, 0) is 4.79 Å². The number of rotatable bonds is 8. The van der Waals surface area contributed by atoms with Gasteiger partial charge >= 0.3 is 0 Å². The molecule has 1 aliphatic heterocycles. The molecule has 0 spiro atoms. The maximum absolute atomic E-state index is 11.7. The number of carbonyl (C=O) groups is 1. The Hall–Kier alpha value is -2.15. The van der Waals surface area contributed by atoms with Crippen molar-refractivity contribution < 1.29 is 14.5 Å². The van der Waals surface area contributed by atoms with Crippen LogP contribution >= 0.6 is 0 Å². The summed E-state index contributed by atoms with van der Waals surface area (Å²) < 4.78 is 5.30. The highest BCUT2D eigenvalue weighted by Gasteiger charge is 2.10. The average Bonchev–Trinajstić information content (AvgIpc) is 2.58. The van der Waals surface area contributed by atoms with E-state index in [-0.39, 0.29) is 18.2 Å². The Morgan fingerprint density at radius 3 is 2.57 bits per heavy atom. The van der Waals surface area contributed by atoms with E-state index in [1.807, 2.05) is 0 Å². The molecule has 7 nitrogen and oxygen atoms in total. The molecule has 1 amide bonds. The zero-order valence-corrected chi connectivity index (χ0v) is 13.2. The maximum atomic E-state index is 11.7. The van der Waals surface area contributed by atoms with E-state index in [9.17, 15) is 14.9 Å². The van der Waals surface area contributed by atoms with Gasteiger partial charge in [-0.15, -0.1) is 0 Å². The zero-order valence-electron chi connectivity index (χ0n) is 13.2. The summed E-state index contributed by atoms with van der Waals surface area (Å²) in [5.74, 6) is 0.265. The minimum atomic E-state index is -0.473. The lowest BCUT2D eigenvalue weighted by atomic mass is 10.1. The highest BCUT2D eigenvalue weighted by atomic mass is 16.6. The normalized spacial score (nSPS) is 15.1. The summed E-state index contributed by atoms with van der Waals surface area (Å²) in [6.45, 7) is 3.90. The van der Waals surface area contributed by atoms with Crippen LogP contribution in [0.1, 0.15) is 25.7 Å². The van der Waals surface area contributed by atoms with Crippen molar-refractivity contribution in [2.75, 3.05) is 32.8 Å². The first-order chi connectivity index (χ1) is 11.1. The third-order valence-electron chi connectivity index (χ3n) is 3.84. The van der Waals surface area contributed by atoms with Crippen LogP contribution in [0.3, 0.4) is 0 Å². The molecule has 0 atom stereocenters. The fourth-order valence-electron chi connectivity index (χ4n) is 2.58. The van der Waals surface area contributed by atoms with Crippen molar-refractivity contribution in [3.05, 3.63) is 34.4 Å². The lowest BCUT2D eigenvalue weighted by molar-refractivity contribution is -0.384. The van der Waals surface area contributed by atoms with Crippen molar-refractivity contribution in [2.24, 2.45) is 0 Å². The van der Waals surface area contributed by atoms with E-state index in [2.05, 4.69) is 10.2 Å². The molecular weight excluding hydrogens is 298 g/mol. The molecule has 23 heavy (non-hydrogen) atoms. The third-order valence-corrected chi connectivity index (χ3v) is 3.84. The molecule has 1 aromatic rings. The zero-order chi connectivity index (χ0) is 16.5. The van der Waals surface area contributed by atoms with Crippen molar-refractivity contribution in [1.29, 1.82) is 0 Å². The van der Waals surface area contributed by atoms with Crippen molar-refractivity contribution >= 4 is 11.6 Å². The number of amides is 1. The van der Waals surface area contributed by atoms with Crippen LogP contribution in [0.4, 0.5) is 5.69 Å². The quantitative estimate of drug-likeness (QED) is 0.449. The van der Waals surface area contributed by atoms with Gasteiger partial charge in [0, 0.05) is 18.7 Å². The van der Waals surface area contributed by atoms with E-state index >= 15 is 0 Å². The molecular formula is C16H23N3O4. The summed E-state index contributed by atoms with van der Waals surface area (Å²) in [5.41, 5.74) is -0.000450. The summed E-state index contributed by atoms with van der Waals surface area (Å²) in [7, 11) is 0. The van der Waals surface area contributed by atoms with E-state index < -0.39 is 4.92 Å². The molecule has 1 aliphatic rings. The largest absolute Gasteiger partial charge is 0.484 e. The molecule has 2 rings (SSSR count). The van der Waals surface area contributed by atoms with Gasteiger partial charge in [0.1, 0.15) is 5.75 Å². The van der Waals surface area contributed by atoms with Gasteiger partial charge in [0.15, 0.2) is 6.61 Å². The standard InChI is InChI=1S/C16H23N3O4/c20-16(17-9-4-12-18-10-2-1-3-11-18)13-23-15-7-5-14(6-8-15)19(21)22/h5-8H,1-4,9-13H2,(H,17,20). The number of nitro groups is 1. The second kappa shape index (κ2) is 9.09. The van der Waals surface area contributed by atoms with E-state index in [1.165, 1.54) is 43.5 Å². The lowest BCUT2D eigenvalue weighted by Crippen LogP contribution is -2.34. The van der Waals surface area contributed by atoms with Crippen LogP contribution in [0.2, 0.25) is 0 Å². The number of carbonyl (C=O) groups excluding carboxylic acids is 1. The first-order valence-corrected chi connectivity index (χ1v) is 8.01. The van der Waals surface area contributed by atoms with E-state index in [1.54, 1.807) is 0 Å². The fourth-order valence-corrected chi connectivity index (χ4v) is 2.58. The van der Waals surface area contributed by atoms with Gasteiger partial charge in [-0.2, -0.15) is 0 Å². The number of hydrogen-bond acceptors (Lipinski definition) is 5. The Labute approximate surface area is 135 Å². The summed E-state index contributed by atoms with van der Waals surface area (Å²) in [6, 6.07) is 5.68. The number of nitro benzene ring substituents is 1. The predicted octanol–water partition coefficient (Wildman–Crippen LogP) is 1.97. The summed E-state index contributed by atoms with van der Waals surface area (Å²) >= 11 is 0. The number of non-ortho nitro benzene ring substituents is 1. The van der Waals surface area contributed by atoms with Gasteiger partial charge in [-0.25, -0.2) is 0 Å². The van der Waals surface area contributed by atoms with Crippen LogP contribution < -0.4 is 10.1 Å². The Morgan fingerprint density at radius 1 is 1.22 bits per heavy atom. The van der Waals surface area contributed by atoms with Crippen LogP contribution in [0.25, 0.3) is 0 Å². The summed E-state index contributed by atoms with van der Waals surface area (Å²) in [6.07, 6.45) is 4.81.